The van der Waals surface area contributed by atoms with Gasteiger partial charge in [-0.1, -0.05) is 36.4 Å². The molecule has 0 aliphatic carbocycles. The summed E-state index contributed by atoms with van der Waals surface area (Å²) in [6.45, 7) is 0. The predicted octanol–water partition coefficient (Wildman–Crippen LogP) is 4.81. The van der Waals surface area contributed by atoms with Crippen LogP contribution in [-0.4, -0.2) is 17.8 Å². The molecule has 1 heterocycles. The van der Waals surface area contributed by atoms with E-state index in [1.165, 1.54) is 30.6 Å². The van der Waals surface area contributed by atoms with Crippen LogP contribution in [0, 0.1) is 17.1 Å². The van der Waals surface area contributed by atoms with Gasteiger partial charge in [0.25, 0.3) is 10.0 Å². The smallest absolute Gasteiger partial charge is 0.263 e. The Morgan fingerprint density at radius 1 is 1.00 bits per heavy atom. The molecule has 10 heteroatoms. The Kier molecular flexibility index (Phi) is 5.62. The molecule has 0 saturated heterocycles. The lowest BCUT2D eigenvalue weighted by atomic mass is 10.0. The molecule has 1 aromatic heterocycles. The van der Waals surface area contributed by atoms with E-state index in [-0.39, 0.29) is 21.3 Å². The molecule has 3 aromatic carbocycles. The zero-order valence-electron chi connectivity index (χ0n) is 15.7. The van der Waals surface area contributed by atoms with Gasteiger partial charge in [-0.25, -0.2) is 17.8 Å². The number of ether oxygens (including phenoxy) is 1. The van der Waals surface area contributed by atoms with E-state index < -0.39 is 15.8 Å². The molecule has 154 valence electrons. The molecule has 0 spiro atoms. The summed E-state index contributed by atoms with van der Waals surface area (Å²) in [5.41, 5.74) is 0.847. The summed E-state index contributed by atoms with van der Waals surface area (Å²) in [5.74, 6) is 0.0519. The molecule has 0 aliphatic rings. The Hall–Kier alpha value is -3.81. The normalized spacial score (nSPS) is 11.0. The lowest BCUT2D eigenvalue weighted by Crippen LogP contribution is -2.13. The van der Waals surface area contributed by atoms with Crippen LogP contribution in [0.4, 0.5) is 9.52 Å². The lowest BCUT2D eigenvalue weighted by Gasteiger charge is -2.13. The molecule has 0 atom stereocenters. The molecule has 0 saturated carbocycles. The first kappa shape index (κ1) is 20.5. The third-order valence-corrected chi connectivity index (χ3v) is 6.28. The Balaban J connectivity index is 1.68. The van der Waals surface area contributed by atoms with Crippen LogP contribution in [0.25, 0.3) is 11.1 Å². The average Bonchev–Trinajstić information content (AvgIpc) is 3.27. The number of nitrogens with zero attached hydrogens (tertiary/aromatic N) is 3. The molecule has 0 aliphatic heterocycles. The minimum absolute atomic E-state index is 0.00322. The largest absolute Gasteiger partial charge is 0.455 e. The first-order valence-electron chi connectivity index (χ1n) is 8.83. The fraction of sp³-hybridized carbons (Fsp3) is 0. The number of rotatable bonds is 6. The van der Waals surface area contributed by atoms with Crippen molar-refractivity contribution in [2.24, 2.45) is 0 Å². The molecule has 4 rings (SSSR count). The van der Waals surface area contributed by atoms with E-state index in [1.54, 1.807) is 42.5 Å². The van der Waals surface area contributed by atoms with Crippen molar-refractivity contribution in [1.29, 1.82) is 5.26 Å². The lowest BCUT2D eigenvalue weighted by molar-refractivity contribution is 0.481. The first-order valence-corrected chi connectivity index (χ1v) is 11.1. The quantitative estimate of drug-likeness (QED) is 0.450. The van der Waals surface area contributed by atoms with Gasteiger partial charge in [0.1, 0.15) is 29.7 Å². The molecular weight excluding hydrogens is 439 g/mol. The molecule has 0 unspecified atom stereocenters. The van der Waals surface area contributed by atoms with Gasteiger partial charge in [-0.05, 0) is 30.3 Å². The van der Waals surface area contributed by atoms with Crippen LogP contribution in [0.1, 0.15) is 5.56 Å². The maximum absolute atomic E-state index is 14.3. The summed E-state index contributed by atoms with van der Waals surface area (Å²) in [5, 5.41) is 9.66. The topological polar surface area (TPSA) is 105 Å². The van der Waals surface area contributed by atoms with Crippen molar-refractivity contribution in [2.75, 3.05) is 4.72 Å². The van der Waals surface area contributed by atoms with Crippen LogP contribution in [-0.2, 0) is 10.0 Å². The van der Waals surface area contributed by atoms with Crippen LogP contribution >= 0.6 is 11.5 Å². The number of nitriles is 1. The van der Waals surface area contributed by atoms with Gasteiger partial charge < -0.3 is 4.74 Å². The van der Waals surface area contributed by atoms with Crippen molar-refractivity contribution in [1.82, 2.24) is 9.36 Å². The van der Waals surface area contributed by atoms with E-state index >= 15 is 0 Å². The second kappa shape index (κ2) is 8.51. The molecule has 0 amide bonds. The summed E-state index contributed by atoms with van der Waals surface area (Å²) < 4.78 is 51.3. The van der Waals surface area contributed by atoms with E-state index in [2.05, 4.69) is 14.1 Å². The van der Waals surface area contributed by atoms with Crippen molar-refractivity contribution in [2.45, 2.75) is 4.90 Å². The Morgan fingerprint density at radius 2 is 1.74 bits per heavy atom. The van der Waals surface area contributed by atoms with Crippen molar-refractivity contribution in [3.8, 4) is 28.7 Å². The zero-order chi connectivity index (χ0) is 21.8. The average molecular weight is 452 g/mol. The van der Waals surface area contributed by atoms with Crippen molar-refractivity contribution < 1.29 is 17.5 Å². The standard InChI is InChI=1S/C21H13FN4O3S2/c22-18-7-3-1-5-16(18)17-6-2-4-8-20(17)29-19-10-9-15(11-14(19)12-23)31(27,28)26-21-24-13-25-30-21/h1-11,13H,(H,24,25,26). The first-order chi connectivity index (χ1) is 15.0. The number of anilines is 1. The third-order valence-electron chi connectivity index (χ3n) is 4.24. The van der Waals surface area contributed by atoms with Crippen LogP contribution in [0.5, 0.6) is 11.5 Å². The second-order valence-electron chi connectivity index (χ2n) is 6.20. The van der Waals surface area contributed by atoms with Gasteiger partial charge in [0.05, 0.1) is 10.5 Å². The Labute approximate surface area is 181 Å². The summed E-state index contributed by atoms with van der Waals surface area (Å²) in [4.78, 5) is 3.65. The number of hydrogen-bond acceptors (Lipinski definition) is 7. The third kappa shape index (κ3) is 4.37. The Morgan fingerprint density at radius 3 is 2.45 bits per heavy atom. The summed E-state index contributed by atoms with van der Waals surface area (Å²) in [6.07, 6.45) is 1.23. The number of benzene rings is 3. The molecular formula is C21H13FN4O3S2. The van der Waals surface area contributed by atoms with Crippen LogP contribution in [0.15, 0.2) is 78.0 Å². The fourth-order valence-electron chi connectivity index (χ4n) is 2.82. The van der Waals surface area contributed by atoms with Gasteiger partial charge in [0.2, 0.25) is 5.13 Å². The maximum Gasteiger partial charge on any atom is 0.263 e. The second-order valence-corrected chi connectivity index (χ2v) is 8.66. The van der Waals surface area contributed by atoms with Crippen molar-refractivity contribution in [3.63, 3.8) is 0 Å². The highest BCUT2D eigenvalue weighted by molar-refractivity contribution is 7.93. The molecule has 0 radical (unpaired) electrons. The van der Waals surface area contributed by atoms with Gasteiger partial charge in [0.15, 0.2) is 0 Å². The number of nitrogens with one attached hydrogen (secondary N) is 1. The van der Waals surface area contributed by atoms with E-state index in [1.807, 2.05) is 6.07 Å². The fourth-order valence-corrected chi connectivity index (χ4v) is 4.51. The minimum Gasteiger partial charge on any atom is -0.455 e. The number of sulfonamides is 1. The van der Waals surface area contributed by atoms with E-state index in [0.29, 0.717) is 16.9 Å². The van der Waals surface area contributed by atoms with Crippen LogP contribution in [0.3, 0.4) is 0 Å². The highest BCUT2D eigenvalue weighted by Crippen LogP contribution is 2.36. The molecule has 7 nitrogen and oxygen atoms in total. The zero-order valence-corrected chi connectivity index (χ0v) is 17.3. The summed E-state index contributed by atoms with van der Waals surface area (Å²) in [6, 6.07) is 18.9. The highest BCUT2D eigenvalue weighted by atomic mass is 32.2. The highest BCUT2D eigenvalue weighted by Gasteiger charge is 2.19. The predicted molar refractivity (Wildman–Crippen MR) is 114 cm³/mol. The van der Waals surface area contributed by atoms with Crippen molar-refractivity contribution in [3.05, 3.63) is 84.4 Å². The molecule has 4 aromatic rings. The molecule has 0 bridgehead atoms. The van der Waals surface area contributed by atoms with Gasteiger partial charge in [-0.3, -0.25) is 4.72 Å². The van der Waals surface area contributed by atoms with E-state index in [0.717, 1.165) is 11.5 Å². The van der Waals surface area contributed by atoms with Crippen molar-refractivity contribution >= 4 is 26.7 Å². The summed E-state index contributed by atoms with van der Waals surface area (Å²) in [7, 11) is -3.96. The monoisotopic (exact) mass is 452 g/mol. The minimum atomic E-state index is -3.96. The molecule has 1 N–H and O–H groups in total. The maximum atomic E-state index is 14.3. The van der Waals surface area contributed by atoms with E-state index in [4.69, 9.17) is 4.74 Å². The van der Waals surface area contributed by atoms with Crippen LogP contribution in [0.2, 0.25) is 0 Å². The van der Waals surface area contributed by atoms with Gasteiger partial charge in [0, 0.05) is 22.7 Å². The Bertz CT molecular complexity index is 1380. The summed E-state index contributed by atoms with van der Waals surface area (Å²) >= 11 is 0.888. The SMILES string of the molecule is N#Cc1cc(S(=O)(=O)Nc2ncns2)ccc1Oc1ccccc1-c1ccccc1F. The number of halogens is 1. The molecule has 31 heavy (non-hydrogen) atoms. The van der Waals surface area contributed by atoms with Gasteiger partial charge >= 0.3 is 0 Å². The van der Waals surface area contributed by atoms with Gasteiger partial charge in [-0.15, -0.1) is 0 Å². The molecule has 0 fully saturated rings. The number of para-hydroxylation sites is 1. The van der Waals surface area contributed by atoms with Crippen LogP contribution < -0.4 is 9.46 Å². The van der Waals surface area contributed by atoms with Gasteiger partial charge in [-0.2, -0.15) is 9.64 Å². The van der Waals surface area contributed by atoms with E-state index in [9.17, 15) is 18.1 Å². The number of hydrogen-bond donors (Lipinski definition) is 1. The number of aromatic nitrogens is 2.